The molecule has 6 nitrogen and oxygen atoms in total. The van der Waals surface area contributed by atoms with Gasteiger partial charge in [0.25, 0.3) is 0 Å². The highest BCUT2D eigenvalue weighted by Crippen LogP contribution is 2.27. The van der Waals surface area contributed by atoms with Crippen LogP contribution in [-0.2, 0) is 4.79 Å². The number of ether oxygens (including phenoxy) is 2. The van der Waals surface area contributed by atoms with Crippen molar-refractivity contribution < 1.29 is 14.3 Å². The fourth-order valence-corrected chi connectivity index (χ4v) is 1.97. The number of carbonyl (C=O) groups excluding carboxylic acids is 1. The number of hydrogen-bond donors (Lipinski definition) is 2. The molecule has 0 atom stereocenters. The summed E-state index contributed by atoms with van der Waals surface area (Å²) in [6, 6.07) is 15.2. The number of hydrazone groups is 1. The molecule has 0 aliphatic rings. The smallest absolute Gasteiger partial charge is 0.216 e. The molecule has 0 saturated heterocycles. The number of methoxy groups -OCH3 is 1. The van der Waals surface area contributed by atoms with Crippen molar-refractivity contribution in [1.82, 2.24) is 5.32 Å². The Balaban J connectivity index is 1.93. The van der Waals surface area contributed by atoms with E-state index < -0.39 is 0 Å². The highest BCUT2D eigenvalue weighted by Gasteiger charge is 2.05. The van der Waals surface area contributed by atoms with Crippen molar-refractivity contribution in [2.75, 3.05) is 25.7 Å². The number of hydrogen-bond acceptors (Lipinski definition) is 5. The van der Waals surface area contributed by atoms with E-state index in [1.54, 1.807) is 13.3 Å². The Hall–Kier alpha value is -3.02. The van der Waals surface area contributed by atoms with Gasteiger partial charge in [0.05, 0.1) is 25.6 Å². The van der Waals surface area contributed by atoms with Gasteiger partial charge in [-0.25, -0.2) is 0 Å². The van der Waals surface area contributed by atoms with E-state index in [9.17, 15) is 4.79 Å². The minimum absolute atomic E-state index is 0.0805. The van der Waals surface area contributed by atoms with Crippen molar-refractivity contribution in [2.24, 2.45) is 5.10 Å². The van der Waals surface area contributed by atoms with Crippen molar-refractivity contribution in [3.8, 4) is 11.5 Å². The second kappa shape index (κ2) is 9.19. The molecule has 0 fully saturated rings. The number of carbonyl (C=O) groups is 1. The van der Waals surface area contributed by atoms with Gasteiger partial charge in [-0.3, -0.25) is 10.2 Å². The van der Waals surface area contributed by atoms with Gasteiger partial charge < -0.3 is 14.8 Å². The Kier molecular flexibility index (Phi) is 6.64. The Morgan fingerprint density at radius 2 is 1.96 bits per heavy atom. The fraction of sp³-hybridized carbons (Fsp3) is 0.222. The molecule has 2 N–H and O–H groups in total. The van der Waals surface area contributed by atoms with Gasteiger partial charge in [0.1, 0.15) is 6.61 Å². The number of rotatable bonds is 8. The summed E-state index contributed by atoms with van der Waals surface area (Å²) in [5.74, 6) is 1.15. The van der Waals surface area contributed by atoms with Crippen LogP contribution in [-0.4, -0.2) is 32.4 Å². The molecular formula is C18H21N3O3. The summed E-state index contributed by atoms with van der Waals surface area (Å²) in [6.45, 7) is 2.29. The first kappa shape index (κ1) is 17.3. The van der Waals surface area contributed by atoms with Crippen molar-refractivity contribution in [2.45, 2.75) is 6.92 Å². The molecule has 0 spiro atoms. The lowest BCUT2D eigenvalue weighted by atomic mass is 10.2. The van der Waals surface area contributed by atoms with E-state index in [1.807, 2.05) is 48.5 Å². The topological polar surface area (TPSA) is 71.9 Å². The van der Waals surface area contributed by atoms with Crippen LogP contribution in [0.25, 0.3) is 0 Å². The fourth-order valence-electron chi connectivity index (χ4n) is 1.97. The van der Waals surface area contributed by atoms with Gasteiger partial charge >= 0.3 is 0 Å². The molecule has 2 aromatic rings. The first-order valence-electron chi connectivity index (χ1n) is 7.58. The van der Waals surface area contributed by atoms with E-state index in [1.165, 1.54) is 6.92 Å². The zero-order chi connectivity index (χ0) is 17.2. The highest BCUT2D eigenvalue weighted by atomic mass is 16.5. The van der Waals surface area contributed by atoms with E-state index >= 15 is 0 Å². The molecule has 0 unspecified atom stereocenters. The zero-order valence-electron chi connectivity index (χ0n) is 13.8. The minimum atomic E-state index is -0.0805. The maximum atomic E-state index is 10.8. The Bertz CT molecular complexity index is 687. The van der Waals surface area contributed by atoms with Crippen molar-refractivity contribution in [1.29, 1.82) is 0 Å². The molecule has 2 aromatic carbocycles. The number of amides is 1. The van der Waals surface area contributed by atoms with Gasteiger partial charge in [-0.1, -0.05) is 18.2 Å². The lowest BCUT2D eigenvalue weighted by Gasteiger charge is -2.11. The molecule has 2 rings (SSSR count). The van der Waals surface area contributed by atoms with Crippen LogP contribution in [0.4, 0.5) is 5.69 Å². The molecule has 0 bridgehead atoms. The number of para-hydroxylation sites is 1. The second-order valence-electron chi connectivity index (χ2n) is 4.98. The molecule has 1 amide bonds. The van der Waals surface area contributed by atoms with Crippen LogP contribution >= 0.6 is 0 Å². The first-order valence-corrected chi connectivity index (χ1v) is 7.58. The third kappa shape index (κ3) is 5.64. The quantitative estimate of drug-likeness (QED) is 0.444. The Morgan fingerprint density at radius 3 is 2.67 bits per heavy atom. The first-order chi connectivity index (χ1) is 11.7. The molecular weight excluding hydrogens is 306 g/mol. The molecule has 0 saturated carbocycles. The van der Waals surface area contributed by atoms with E-state index in [4.69, 9.17) is 9.47 Å². The molecule has 6 heteroatoms. The van der Waals surface area contributed by atoms with Crippen LogP contribution in [0.15, 0.2) is 53.6 Å². The van der Waals surface area contributed by atoms with E-state index in [0.29, 0.717) is 24.7 Å². The van der Waals surface area contributed by atoms with Crippen LogP contribution in [0, 0.1) is 0 Å². The van der Waals surface area contributed by atoms with E-state index in [-0.39, 0.29) is 5.91 Å². The number of nitrogens with one attached hydrogen (secondary N) is 2. The van der Waals surface area contributed by atoms with E-state index in [0.717, 1.165) is 11.3 Å². The average molecular weight is 327 g/mol. The summed E-state index contributed by atoms with van der Waals surface area (Å²) < 4.78 is 10.9. The predicted molar refractivity (Wildman–Crippen MR) is 94.8 cm³/mol. The van der Waals surface area contributed by atoms with Gasteiger partial charge in [0.15, 0.2) is 11.5 Å². The maximum absolute atomic E-state index is 10.8. The van der Waals surface area contributed by atoms with Gasteiger partial charge in [-0.05, 0) is 35.9 Å². The van der Waals surface area contributed by atoms with Crippen LogP contribution in [0.3, 0.4) is 0 Å². The SMILES string of the molecule is COc1cc(C=NNc2ccccc2)ccc1OCCNC(C)=O. The van der Waals surface area contributed by atoms with Gasteiger partial charge in [-0.2, -0.15) is 5.10 Å². The number of anilines is 1. The maximum Gasteiger partial charge on any atom is 0.216 e. The van der Waals surface area contributed by atoms with Crippen LogP contribution in [0.5, 0.6) is 11.5 Å². The lowest BCUT2D eigenvalue weighted by Crippen LogP contribution is -2.25. The third-order valence-corrected chi connectivity index (χ3v) is 3.10. The summed E-state index contributed by atoms with van der Waals surface area (Å²) in [7, 11) is 1.58. The average Bonchev–Trinajstić information content (AvgIpc) is 2.60. The summed E-state index contributed by atoms with van der Waals surface area (Å²) in [6.07, 6.45) is 1.70. The van der Waals surface area contributed by atoms with Crippen molar-refractivity contribution in [3.05, 3.63) is 54.1 Å². The Labute approximate surface area is 141 Å². The predicted octanol–water partition coefficient (Wildman–Crippen LogP) is 2.66. The van der Waals surface area contributed by atoms with Gasteiger partial charge in [0.2, 0.25) is 5.91 Å². The summed E-state index contributed by atoms with van der Waals surface area (Å²) >= 11 is 0. The van der Waals surface area contributed by atoms with Crippen LogP contribution in [0.1, 0.15) is 12.5 Å². The zero-order valence-corrected chi connectivity index (χ0v) is 13.8. The number of benzene rings is 2. The van der Waals surface area contributed by atoms with Gasteiger partial charge in [-0.15, -0.1) is 0 Å². The molecule has 24 heavy (non-hydrogen) atoms. The second-order valence-corrected chi connectivity index (χ2v) is 4.98. The molecule has 0 aliphatic carbocycles. The standard InChI is InChI=1S/C18H21N3O3/c1-14(22)19-10-11-24-17-9-8-15(12-18(17)23-2)13-20-21-16-6-4-3-5-7-16/h3-9,12-13,21H,10-11H2,1-2H3,(H,19,22). The third-order valence-electron chi connectivity index (χ3n) is 3.10. The molecule has 126 valence electrons. The number of nitrogens with zero attached hydrogens (tertiary/aromatic N) is 1. The molecule has 0 heterocycles. The summed E-state index contributed by atoms with van der Waals surface area (Å²) in [4.78, 5) is 10.8. The lowest BCUT2D eigenvalue weighted by molar-refractivity contribution is -0.119. The molecule has 0 radical (unpaired) electrons. The Morgan fingerprint density at radius 1 is 1.17 bits per heavy atom. The molecule has 0 aromatic heterocycles. The van der Waals surface area contributed by atoms with Crippen LogP contribution in [0.2, 0.25) is 0 Å². The van der Waals surface area contributed by atoms with Crippen LogP contribution < -0.4 is 20.2 Å². The van der Waals surface area contributed by atoms with Crippen molar-refractivity contribution in [3.63, 3.8) is 0 Å². The largest absolute Gasteiger partial charge is 0.493 e. The normalized spacial score (nSPS) is 10.4. The van der Waals surface area contributed by atoms with E-state index in [2.05, 4.69) is 15.8 Å². The monoisotopic (exact) mass is 327 g/mol. The van der Waals surface area contributed by atoms with Crippen molar-refractivity contribution >= 4 is 17.8 Å². The molecule has 0 aliphatic heterocycles. The summed E-state index contributed by atoms with van der Waals surface area (Å²) in [5, 5.41) is 6.87. The highest BCUT2D eigenvalue weighted by molar-refractivity contribution is 5.81. The minimum Gasteiger partial charge on any atom is -0.493 e. The van der Waals surface area contributed by atoms with Gasteiger partial charge in [0, 0.05) is 6.92 Å². The summed E-state index contributed by atoms with van der Waals surface area (Å²) in [5.41, 5.74) is 4.75.